The van der Waals surface area contributed by atoms with E-state index in [1.165, 1.54) is 18.2 Å². The molecule has 1 fully saturated rings. The van der Waals surface area contributed by atoms with Crippen molar-refractivity contribution in [2.45, 2.75) is 25.8 Å². The summed E-state index contributed by atoms with van der Waals surface area (Å²) < 4.78 is 29.7. The maximum atomic E-state index is 14.3. The molecule has 4 rings (SSSR count). The lowest BCUT2D eigenvalue weighted by atomic mass is 10.0. The van der Waals surface area contributed by atoms with Crippen LogP contribution in [0.5, 0.6) is 0 Å². The number of carbonyl (C=O) groups excluding carboxylic acids is 1. The van der Waals surface area contributed by atoms with Crippen molar-refractivity contribution in [3.63, 3.8) is 0 Å². The van der Waals surface area contributed by atoms with Gasteiger partial charge in [0.1, 0.15) is 17.5 Å². The fraction of sp³-hybridized carbons (Fsp3) is 0.286. The lowest BCUT2D eigenvalue weighted by molar-refractivity contribution is -0.116. The van der Waals surface area contributed by atoms with E-state index in [0.29, 0.717) is 35.7 Å². The van der Waals surface area contributed by atoms with Gasteiger partial charge in [0.2, 0.25) is 5.91 Å². The Morgan fingerprint density at radius 1 is 1.34 bits per heavy atom. The smallest absolute Gasteiger partial charge is 0.243 e. The molecule has 3 aromatic rings. The molecule has 1 N–H and O–H groups in total. The van der Waals surface area contributed by atoms with Gasteiger partial charge in [-0.05, 0) is 50.1 Å². The second kappa shape index (κ2) is 7.98. The van der Waals surface area contributed by atoms with E-state index in [1.54, 1.807) is 23.0 Å². The number of fused-ring (bicyclic) bond motifs is 1. The minimum Gasteiger partial charge on any atom is -0.353 e. The summed E-state index contributed by atoms with van der Waals surface area (Å²) in [6.45, 7) is 3.10. The van der Waals surface area contributed by atoms with Crippen LogP contribution in [-0.4, -0.2) is 33.6 Å². The van der Waals surface area contributed by atoms with Crippen LogP contribution >= 0.6 is 0 Å². The van der Waals surface area contributed by atoms with Gasteiger partial charge in [-0.3, -0.25) is 4.79 Å². The summed E-state index contributed by atoms with van der Waals surface area (Å²) >= 11 is 0. The molecule has 150 valence electrons. The normalized spacial score (nSPS) is 16.8. The lowest BCUT2D eigenvalue weighted by Gasteiger charge is -2.26. The predicted molar refractivity (Wildman–Crippen MR) is 106 cm³/mol. The summed E-state index contributed by atoms with van der Waals surface area (Å²) in [4.78, 5) is 18.4. The molecule has 0 spiro atoms. The molecule has 1 aliphatic rings. The lowest BCUT2D eigenvalue weighted by Crippen LogP contribution is -2.24. The third-order valence-electron chi connectivity index (χ3n) is 5.01. The average Bonchev–Trinajstić information content (AvgIpc) is 3.35. The van der Waals surface area contributed by atoms with Crippen LogP contribution in [0.15, 0.2) is 42.7 Å². The van der Waals surface area contributed by atoms with Crippen molar-refractivity contribution in [1.82, 2.24) is 19.9 Å². The molecule has 1 aliphatic heterocycles. The molecular formula is C21H21F2N5O. The number of anilines is 1. The average molecular weight is 397 g/mol. The molecule has 1 atom stereocenters. The molecule has 0 aliphatic carbocycles. The summed E-state index contributed by atoms with van der Waals surface area (Å²) in [5.74, 6) is -0.398. The number of amides is 1. The van der Waals surface area contributed by atoms with Crippen LogP contribution in [0.2, 0.25) is 0 Å². The summed E-state index contributed by atoms with van der Waals surface area (Å²) in [6.07, 6.45) is 8.09. The fourth-order valence-electron chi connectivity index (χ4n) is 3.69. The van der Waals surface area contributed by atoms with Crippen LogP contribution in [0.4, 0.5) is 14.6 Å². The molecule has 0 saturated carbocycles. The molecule has 8 heteroatoms. The third kappa shape index (κ3) is 3.83. The molecule has 6 nitrogen and oxygen atoms in total. The van der Waals surface area contributed by atoms with Crippen LogP contribution in [0, 0.1) is 11.6 Å². The molecule has 1 unspecified atom stereocenters. The number of halogens is 2. The standard InChI is InChI=1S/C21H21F2N5O/c1-2-24-20(29)8-5-14-13-25-28-11-9-19(26-21(14)28)27-10-3-4-18(27)16-12-15(22)6-7-17(16)23/h5-9,11-13,18H,2-4,10H2,1H3,(H,24,29)/b8-5+. The number of aromatic nitrogens is 3. The summed E-state index contributed by atoms with van der Waals surface area (Å²) in [5.41, 5.74) is 1.63. The highest BCUT2D eigenvalue weighted by Gasteiger charge is 2.29. The van der Waals surface area contributed by atoms with Crippen LogP contribution in [0.1, 0.15) is 36.9 Å². The van der Waals surface area contributed by atoms with E-state index in [9.17, 15) is 13.6 Å². The Morgan fingerprint density at radius 3 is 3.03 bits per heavy atom. The topological polar surface area (TPSA) is 62.5 Å². The SMILES string of the molecule is CCNC(=O)/C=C/c1cnn2ccc(N3CCCC3c3cc(F)ccc3F)nc12. The van der Waals surface area contributed by atoms with Crippen molar-refractivity contribution >= 4 is 23.4 Å². The van der Waals surface area contributed by atoms with Crippen molar-refractivity contribution in [3.05, 3.63) is 65.5 Å². The Morgan fingerprint density at radius 2 is 2.21 bits per heavy atom. The Balaban J connectivity index is 1.67. The number of benzene rings is 1. The van der Waals surface area contributed by atoms with Gasteiger partial charge in [-0.2, -0.15) is 5.10 Å². The van der Waals surface area contributed by atoms with Gasteiger partial charge in [0.25, 0.3) is 0 Å². The zero-order chi connectivity index (χ0) is 20.4. The zero-order valence-corrected chi connectivity index (χ0v) is 16.0. The number of rotatable bonds is 5. The first-order valence-electron chi connectivity index (χ1n) is 9.58. The Kier molecular flexibility index (Phi) is 5.24. The summed E-state index contributed by atoms with van der Waals surface area (Å²) in [5, 5.41) is 6.95. The van der Waals surface area contributed by atoms with E-state index in [-0.39, 0.29) is 11.9 Å². The van der Waals surface area contributed by atoms with Gasteiger partial charge in [0.05, 0.1) is 12.2 Å². The number of hydrogen-bond donors (Lipinski definition) is 1. The van der Waals surface area contributed by atoms with E-state index < -0.39 is 11.6 Å². The summed E-state index contributed by atoms with van der Waals surface area (Å²) in [7, 11) is 0. The van der Waals surface area contributed by atoms with Crippen molar-refractivity contribution in [1.29, 1.82) is 0 Å². The number of nitrogens with zero attached hydrogens (tertiary/aromatic N) is 4. The van der Waals surface area contributed by atoms with Crippen LogP contribution in [-0.2, 0) is 4.79 Å². The minimum absolute atomic E-state index is 0.191. The van der Waals surface area contributed by atoms with E-state index >= 15 is 0 Å². The Labute approximate surface area is 166 Å². The first-order chi connectivity index (χ1) is 14.1. The molecule has 0 bridgehead atoms. The fourth-order valence-corrected chi connectivity index (χ4v) is 3.69. The number of nitrogens with one attached hydrogen (secondary N) is 1. The molecule has 2 aromatic heterocycles. The van der Waals surface area contributed by atoms with Crippen molar-refractivity contribution in [3.8, 4) is 0 Å². The highest BCUT2D eigenvalue weighted by molar-refractivity contribution is 5.92. The van der Waals surface area contributed by atoms with E-state index in [4.69, 9.17) is 4.98 Å². The Bertz CT molecular complexity index is 1080. The maximum Gasteiger partial charge on any atom is 0.243 e. The van der Waals surface area contributed by atoms with Gasteiger partial charge in [-0.15, -0.1) is 0 Å². The van der Waals surface area contributed by atoms with Crippen molar-refractivity contribution in [2.75, 3.05) is 18.0 Å². The molecule has 3 heterocycles. The van der Waals surface area contributed by atoms with E-state index in [0.717, 1.165) is 18.9 Å². The molecule has 1 amide bonds. The number of hydrogen-bond acceptors (Lipinski definition) is 4. The second-order valence-corrected chi connectivity index (χ2v) is 6.90. The van der Waals surface area contributed by atoms with Crippen molar-refractivity contribution < 1.29 is 13.6 Å². The van der Waals surface area contributed by atoms with Crippen molar-refractivity contribution in [2.24, 2.45) is 0 Å². The Hall–Kier alpha value is -3.29. The molecule has 0 radical (unpaired) electrons. The molecule has 29 heavy (non-hydrogen) atoms. The molecule has 1 saturated heterocycles. The first kappa shape index (κ1) is 19.0. The van der Waals surface area contributed by atoms with Gasteiger partial charge >= 0.3 is 0 Å². The monoisotopic (exact) mass is 397 g/mol. The highest BCUT2D eigenvalue weighted by atomic mass is 19.1. The quantitative estimate of drug-likeness (QED) is 0.670. The van der Waals surface area contributed by atoms with Gasteiger partial charge in [-0.25, -0.2) is 18.3 Å². The predicted octanol–water partition coefficient (Wildman–Crippen LogP) is 3.50. The number of carbonyl (C=O) groups is 1. The van der Waals surface area contributed by atoms with Crippen LogP contribution < -0.4 is 10.2 Å². The van der Waals surface area contributed by atoms with Gasteiger partial charge in [-0.1, -0.05) is 0 Å². The number of likely N-dealkylation sites (N-methyl/N-ethyl adjacent to an activating group) is 1. The van der Waals surface area contributed by atoms with Gasteiger partial charge < -0.3 is 10.2 Å². The highest BCUT2D eigenvalue weighted by Crippen LogP contribution is 2.36. The zero-order valence-electron chi connectivity index (χ0n) is 16.0. The minimum atomic E-state index is -0.453. The van der Waals surface area contributed by atoms with Gasteiger partial charge in [0, 0.05) is 36.5 Å². The van der Waals surface area contributed by atoms with E-state index in [1.807, 2.05) is 17.9 Å². The largest absolute Gasteiger partial charge is 0.353 e. The van der Waals surface area contributed by atoms with Gasteiger partial charge in [0.15, 0.2) is 5.65 Å². The third-order valence-corrected chi connectivity index (χ3v) is 5.01. The van der Waals surface area contributed by atoms with Crippen LogP contribution in [0.25, 0.3) is 11.7 Å². The first-order valence-corrected chi connectivity index (χ1v) is 9.58. The van der Waals surface area contributed by atoms with E-state index in [2.05, 4.69) is 10.4 Å². The molecule has 1 aromatic carbocycles. The second-order valence-electron chi connectivity index (χ2n) is 6.90. The maximum absolute atomic E-state index is 14.3. The summed E-state index contributed by atoms with van der Waals surface area (Å²) in [6, 6.07) is 5.09. The molecular weight excluding hydrogens is 376 g/mol. The van der Waals surface area contributed by atoms with Crippen LogP contribution in [0.3, 0.4) is 0 Å².